The molecule has 0 saturated heterocycles. The molecule has 0 atom stereocenters. The van der Waals surface area contributed by atoms with Crippen LogP contribution in [0.15, 0.2) is 42.5 Å². The molecule has 3 aromatic rings. The highest BCUT2D eigenvalue weighted by Gasteiger charge is 2.24. The van der Waals surface area contributed by atoms with Crippen LogP contribution in [0.1, 0.15) is 52.8 Å². The molecule has 0 bridgehead atoms. The molecule has 2 aromatic carbocycles. The summed E-state index contributed by atoms with van der Waals surface area (Å²) in [6, 6.07) is 8.15. The Bertz CT molecular complexity index is 1300. The zero-order chi connectivity index (χ0) is 25.1. The van der Waals surface area contributed by atoms with Crippen molar-refractivity contribution in [1.29, 1.82) is 0 Å². The van der Waals surface area contributed by atoms with E-state index in [0.717, 1.165) is 50.3 Å². The summed E-state index contributed by atoms with van der Waals surface area (Å²) in [6.45, 7) is 0. The number of nitrogens with one attached hydrogen (secondary N) is 1. The number of carbonyl (C=O) groups excluding carboxylic acids is 2. The molecule has 0 radical (unpaired) electrons. The van der Waals surface area contributed by atoms with Gasteiger partial charge in [0.15, 0.2) is 11.0 Å². The third kappa shape index (κ3) is 5.95. The molecule has 1 aromatic heterocycles. The van der Waals surface area contributed by atoms with E-state index in [-0.39, 0.29) is 37.3 Å². The van der Waals surface area contributed by atoms with E-state index in [0.29, 0.717) is 5.56 Å². The number of aromatic nitrogens is 1. The van der Waals surface area contributed by atoms with Crippen molar-refractivity contribution in [2.24, 2.45) is 0 Å². The topological polar surface area (TPSA) is 68.3 Å². The van der Waals surface area contributed by atoms with Crippen molar-refractivity contribution in [2.75, 3.05) is 0 Å². The van der Waals surface area contributed by atoms with E-state index in [4.69, 9.17) is 16.3 Å². The van der Waals surface area contributed by atoms with Crippen molar-refractivity contribution in [3.63, 3.8) is 0 Å². The van der Waals surface area contributed by atoms with Crippen molar-refractivity contribution >= 4 is 46.1 Å². The normalized spacial score (nSPS) is 14.0. The molecule has 5 nitrogen and oxygen atoms in total. The summed E-state index contributed by atoms with van der Waals surface area (Å²) in [7, 11) is 0. The van der Waals surface area contributed by atoms with Gasteiger partial charge in [0.25, 0.3) is 5.91 Å². The van der Waals surface area contributed by atoms with Gasteiger partial charge in [-0.2, -0.15) is 0 Å². The maximum Gasteiger partial charge on any atom is 0.346 e. The molecule has 182 valence electrons. The molecule has 1 saturated carbocycles. The zero-order valence-electron chi connectivity index (χ0n) is 18.2. The first-order chi connectivity index (χ1) is 16.7. The number of hydrogen-bond donors (Lipinski definition) is 1. The number of rotatable bonds is 5. The predicted molar refractivity (Wildman–Crippen MR) is 133 cm³/mol. The Morgan fingerprint density at radius 3 is 2.43 bits per heavy atom. The van der Waals surface area contributed by atoms with Crippen LogP contribution >= 0.6 is 34.2 Å². The van der Waals surface area contributed by atoms with Crippen molar-refractivity contribution in [3.8, 4) is 16.9 Å². The van der Waals surface area contributed by atoms with Crippen LogP contribution in [0.25, 0.3) is 11.1 Å². The third-order valence-electron chi connectivity index (χ3n) is 5.72. The Balaban J connectivity index is 1.70. The van der Waals surface area contributed by atoms with E-state index < -0.39 is 29.3 Å². The van der Waals surface area contributed by atoms with Gasteiger partial charge in [-0.1, -0.05) is 36.9 Å². The zero-order valence-corrected chi connectivity index (χ0v) is 21.1. The standard InChI is InChI=1S/C25H19ClF3IN2O3/c26-22-20(29)12-18(23(30)32-22)25(34)35-21-9-6-13(16-8-7-14(27)11-19(16)28)10-17(21)24(33)31-15-4-2-1-3-5-15/h6-12,15H,1-5H2,(H,31,33). The molecule has 1 heterocycles. The average molecular weight is 615 g/mol. The summed E-state index contributed by atoms with van der Waals surface area (Å²) in [5.74, 6) is -3.96. The molecule has 1 aliphatic rings. The fraction of sp³-hybridized carbons (Fsp3) is 0.240. The fourth-order valence-electron chi connectivity index (χ4n) is 3.94. The van der Waals surface area contributed by atoms with Crippen LogP contribution in [0, 0.1) is 21.2 Å². The average Bonchev–Trinajstić information content (AvgIpc) is 2.82. The fourth-order valence-corrected chi connectivity index (χ4v) is 4.84. The summed E-state index contributed by atoms with van der Waals surface area (Å²) >= 11 is 7.38. The highest BCUT2D eigenvalue weighted by Crippen LogP contribution is 2.31. The van der Waals surface area contributed by atoms with Gasteiger partial charge in [0, 0.05) is 17.7 Å². The van der Waals surface area contributed by atoms with Crippen molar-refractivity contribution in [3.05, 3.63) is 79.9 Å². The monoisotopic (exact) mass is 614 g/mol. The lowest BCUT2D eigenvalue weighted by molar-refractivity contribution is 0.0729. The van der Waals surface area contributed by atoms with Crippen LogP contribution in [0.5, 0.6) is 5.75 Å². The molecule has 35 heavy (non-hydrogen) atoms. The number of halogens is 5. The first kappa shape index (κ1) is 25.4. The van der Waals surface area contributed by atoms with Gasteiger partial charge in [-0.05, 0) is 71.3 Å². The number of ether oxygens (including phenoxy) is 1. The SMILES string of the molecule is O=C(NC1CCCCC1)c1cc(-c2ccc(F)cc2F)ccc1OC(=O)c1cc(F)c(Cl)nc1I. The molecule has 1 N–H and O–H groups in total. The van der Waals surface area contributed by atoms with E-state index in [1.165, 1.54) is 24.3 Å². The van der Waals surface area contributed by atoms with Gasteiger partial charge in [0.2, 0.25) is 0 Å². The minimum absolute atomic E-state index is 0.0115. The lowest BCUT2D eigenvalue weighted by Crippen LogP contribution is -2.36. The number of nitrogens with zero attached hydrogens (tertiary/aromatic N) is 1. The second kappa shape index (κ2) is 10.9. The van der Waals surface area contributed by atoms with Crippen LogP contribution in [0.3, 0.4) is 0 Å². The van der Waals surface area contributed by atoms with Crippen molar-refractivity contribution in [2.45, 2.75) is 38.1 Å². The minimum atomic E-state index is -0.940. The van der Waals surface area contributed by atoms with Gasteiger partial charge in [0.1, 0.15) is 21.1 Å². The predicted octanol–water partition coefficient (Wildman–Crippen LogP) is 6.71. The Labute approximate surface area is 218 Å². The quantitative estimate of drug-likeness (QED) is 0.150. The van der Waals surface area contributed by atoms with E-state index in [9.17, 15) is 22.8 Å². The first-order valence-corrected chi connectivity index (χ1v) is 12.3. The van der Waals surface area contributed by atoms with Crippen LogP contribution < -0.4 is 10.1 Å². The Hall–Kier alpha value is -2.66. The van der Waals surface area contributed by atoms with Crippen LogP contribution in [-0.2, 0) is 0 Å². The summed E-state index contributed by atoms with van der Waals surface area (Å²) in [5.41, 5.74) is 0.196. The molecular weight excluding hydrogens is 596 g/mol. The smallest absolute Gasteiger partial charge is 0.346 e. The summed E-state index contributed by atoms with van der Waals surface area (Å²) < 4.78 is 47.3. The Morgan fingerprint density at radius 1 is 0.971 bits per heavy atom. The number of esters is 1. The molecule has 0 spiro atoms. The van der Waals surface area contributed by atoms with Gasteiger partial charge >= 0.3 is 5.97 Å². The molecule has 0 aliphatic heterocycles. The van der Waals surface area contributed by atoms with Gasteiger partial charge < -0.3 is 10.1 Å². The highest BCUT2D eigenvalue weighted by atomic mass is 127. The lowest BCUT2D eigenvalue weighted by atomic mass is 9.95. The molecule has 10 heteroatoms. The minimum Gasteiger partial charge on any atom is -0.422 e. The number of carbonyl (C=O) groups is 2. The number of amides is 1. The van der Waals surface area contributed by atoms with Gasteiger partial charge in [0.05, 0.1) is 11.1 Å². The van der Waals surface area contributed by atoms with Gasteiger partial charge in [-0.25, -0.2) is 22.9 Å². The molecule has 1 amide bonds. The highest BCUT2D eigenvalue weighted by molar-refractivity contribution is 14.1. The molecule has 1 aliphatic carbocycles. The second-order valence-electron chi connectivity index (χ2n) is 8.13. The van der Waals surface area contributed by atoms with Crippen molar-refractivity contribution in [1.82, 2.24) is 10.3 Å². The third-order valence-corrected chi connectivity index (χ3v) is 6.80. The summed E-state index contributed by atoms with van der Waals surface area (Å²) in [4.78, 5) is 29.8. The van der Waals surface area contributed by atoms with Gasteiger partial charge in [-0.15, -0.1) is 0 Å². The maximum atomic E-state index is 14.4. The lowest BCUT2D eigenvalue weighted by Gasteiger charge is -2.23. The molecule has 4 rings (SSSR count). The van der Waals surface area contributed by atoms with Crippen LogP contribution in [-0.4, -0.2) is 22.9 Å². The number of pyridine rings is 1. The van der Waals surface area contributed by atoms with Gasteiger partial charge in [-0.3, -0.25) is 4.79 Å². The van der Waals surface area contributed by atoms with E-state index in [1.54, 1.807) is 22.6 Å². The van der Waals surface area contributed by atoms with E-state index >= 15 is 0 Å². The molecule has 1 fully saturated rings. The summed E-state index contributed by atoms with van der Waals surface area (Å²) in [5, 5.41) is 2.56. The largest absolute Gasteiger partial charge is 0.422 e. The summed E-state index contributed by atoms with van der Waals surface area (Å²) in [6.07, 6.45) is 4.71. The molecule has 0 unspecified atom stereocenters. The maximum absolute atomic E-state index is 14.4. The second-order valence-corrected chi connectivity index (χ2v) is 9.51. The Kier molecular flexibility index (Phi) is 7.95. The first-order valence-electron chi connectivity index (χ1n) is 10.9. The van der Waals surface area contributed by atoms with E-state index in [2.05, 4.69) is 10.3 Å². The molecular formula is C25H19ClF3IN2O3. The number of benzene rings is 2. The van der Waals surface area contributed by atoms with Crippen LogP contribution in [0.2, 0.25) is 5.15 Å². The van der Waals surface area contributed by atoms with Crippen molar-refractivity contribution < 1.29 is 27.5 Å². The Morgan fingerprint density at radius 2 is 1.71 bits per heavy atom. The van der Waals surface area contributed by atoms with E-state index in [1.807, 2.05) is 0 Å². The van der Waals surface area contributed by atoms with Crippen LogP contribution in [0.4, 0.5) is 13.2 Å². The number of hydrogen-bond acceptors (Lipinski definition) is 4.